The van der Waals surface area contributed by atoms with Gasteiger partial charge < -0.3 is 5.32 Å². The molecule has 5 nitrogen and oxygen atoms in total. The van der Waals surface area contributed by atoms with Crippen LogP contribution in [0.4, 0.5) is 0 Å². The molecule has 0 aromatic carbocycles. The Morgan fingerprint density at radius 3 is 2.41 bits per heavy atom. The van der Waals surface area contributed by atoms with Crippen LogP contribution in [0.5, 0.6) is 0 Å². The maximum absolute atomic E-state index is 3.96. The topological polar surface area (TPSA) is 66.5 Å². The lowest BCUT2D eigenvalue weighted by Crippen LogP contribution is -2.43. The Labute approximate surface area is 103 Å². The number of nitrogens with zero attached hydrogens (tertiary/aromatic N) is 3. The quantitative estimate of drug-likeness (QED) is 0.842. The maximum Gasteiger partial charge on any atom is 0.188 e. The van der Waals surface area contributed by atoms with Crippen molar-refractivity contribution in [2.24, 2.45) is 10.8 Å². The molecule has 0 bridgehead atoms. The van der Waals surface area contributed by atoms with Crippen molar-refractivity contribution in [2.75, 3.05) is 0 Å². The first-order valence-electron chi connectivity index (χ1n) is 6.32. The molecule has 2 N–H and O–H groups in total. The number of rotatable bonds is 3. The van der Waals surface area contributed by atoms with Crippen molar-refractivity contribution in [2.45, 2.75) is 59.5 Å². The molecule has 1 aromatic heterocycles. The number of aromatic amines is 1. The molecule has 0 amide bonds. The van der Waals surface area contributed by atoms with Gasteiger partial charge in [-0.2, -0.15) is 5.21 Å². The van der Waals surface area contributed by atoms with Crippen LogP contribution in [0.15, 0.2) is 0 Å². The molecule has 1 aliphatic rings. The van der Waals surface area contributed by atoms with E-state index in [0.717, 1.165) is 5.82 Å². The average molecular weight is 237 g/mol. The molecule has 0 atom stereocenters. The van der Waals surface area contributed by atoms with Crippen LogP contribution in [-0.2, 0) is 6.54 Å². The van der Waals surface area contributed by atoms with E-state index in [1.54, 1.807) is 0 Å². The Bertz CT molecular complexity index is 339. The summed E-state index contributed by atoms with van der Waals surface area (Å²) in [6.45, 7) is 10.1. The van der Waals surface area contributed by atoms with Crippen molar-refractivity contribution in [1.29, 1.82) is 0 Å². The summed E-state index contributed by atoms with van der Waals surface area (Å²) in [6, 6.07) is 0.548. The molecule has 0 aliphatic heterocycles. The van der Waals surface area contributed by atoms with E-state index >= 15 is 0 Å². The fourth-order valence-corrected chi connectivity index (χ4v) is 3.48. The predicted molar refractivity (Wildman–Crippen MR) is 66.2 cm³/mol. The van der Waals surface area contributed by atoms with Gasteiger partial charge in [0.05, 0.1) is 6.54 Å². The van der Waals surface area contributed by atoms with Gasteiger partial charge in [-0.3, -0.25) is 0 Å². The number of H-pyrrole nitrogens is 1. The molecular formula is C12H23N5. The largest absolute Gasteiger partial charge is 0.307 e. The molecule has 0 saturated heterocycles. The minimum Gasteiger partial charge on any atom is -0.307 e. The van der Waals surface area contributed by atoms with Gasteiger partial charge in [0.15, 0.2) is 5.82 Å². The number of tetrazole rings is 1. The summed E-state index contributed by atoms with van der Waals surface area (Å²) in [5, 5.41) is 17.5. The van der Waals surface area contributed by atoms with Gasteiger partial charge in [0.2, 0.25) is 0 Å². The van der Waals surface area contributed by atoms with Gasteiger partial charge in [-0.15, -0.1) is 10.2 Å². The molecule has 1 saturated carbocycles. The van der Waals surface area contributed by atoms with Crippen LogP contribution < -0.4 is 5.32 Å². The van der Waals surface area contributed by atoms with Gasteiger partial charge in [0.25, 0.3) is 0 Å². The van der Waals surface area contributed by atoms with Crippen LogP contribution in [0, 0.1) is 10.8 Å². The molecule has 0 unspecified atom stereocenters. The third-order valence-electron chi connectivity index (χ3n) is 3.49. The van der Waals surface area contributed by atoms with E-state index in [9.17, 15) is 0 Å². The first kappa shape index (κ1) is 12.5. The second-order valence-electron chi connectivity index (χ2n) is 6.82. The lowest BCUT2D eigenvalue weighted by atomic mass is 9.63. The Kier molecular flexibility index (Phi) is 3.21. The molecule has 5 heteroatoms. The Balaban J connectivity index is 1.92. The molecule has 0 spiro atoms. The standard InChI is InChI=1S/C12H23N5/c1-11(2)5-9(6-12(3,4)8-11)13-7-10-14-16-17-15-10/h9,13H,5-8H2,1-4H3,(H,14,15,16,17). The highest BCUT2D eigenvalue weighted by molar-refractivity contribution is 4.92. The van der Waals surface area contributed by atoms with Crippen LogP contribution in [0.25, 0.3) is 0 Å². The molecule has 0 radical (unpaired) electrons. The van der Waals surface area contributed by atoms with Gasteiger partial charge in [-0.1, -0.05) is 32.9 Å². The SMILES string of the molecule is CC1(C)CC(NCc2nn[nH]n2)CC(C)(C)C1. The lowest BCUT2D eigenvalue weighted by Gasteiger charge is -2.45. The zero-order valence-electron chi connectivity index (χ0n) is 11.2. The Morgan fingerprint density at radius 1 is 1.24 bits per heavy atom. The van der Waals surface area contributed by atoms with Gasteiger partial charge in [-0.25, -0.2) is 0 Å². The third-order valence-corrected chi connectivity index (χ3v) is 3.49. The van der Waals surface area contributed by atoms with E-state index in [-0.39, 0.29) is 0 Å². The van der Waals surface area contributed by atoms with Crippen molar-refractivity contribution in [3.63, 3.8) is 0 Å². The number of aromatic nitrogens is 4. The minimum atomic E-state index is 0.413. The van der Waals surface area contributed by atoms with Gasteiger partial charge in [0, 0.05) is 6.04 Å². The first-order valence-corrected chi connectivity index (χ1v) is 6.32. The zero-order chi connectivity index (χ0) is 12.5. The molecule has 17 heavy (non-hydrogen) atoms. The average Bonchev–Trinajstić information content (AvgIpc) is 2.61. The Morgan fingerprint density at radius 2 is 1.88 bits per heavy atom. The highest BCUT2D eigenvalue weighted by atomic mass is 15.5. The summed E-state index contributed by atoms with van der Waals surface area (Å²) in [6.07, 6.45) is 3.73. The highest BCUT2D eigenvalue weighted by Gasteiger charge is 2.38. The van der Waals surface area contributed by atoms with E-state index in [4.69, 9.17) is 0 Å². The summed E-state index contributed by atoms with van der Waals surface area (Å²) >= 11 is 0. The highest BCUT2D eigenvalue weighted by Crippen LogP contribution is 2.45. The second kappa shape index (κ2) is 4.37. The summed E-state index contributed by atoms with van der Waals surface area (Å²) in [7, 11) is 0. The van der Waals surface area contributed by atoms with Crippen molar-refractivity contribution in [1.82, 2.24) is 25.9 Å². The lowest BCUT2D eigenvalue weighted by molar-refractivity contribution is 0.0842. The van der Waals surface area contributed by atoms with Crippen LogP contribution in [0.1, 0.15) is 52.8 Å². The fraction of sp³-hybridized carbons (Fsp3) is 0.917. The molecule has 1 fully saturated rings. The number of hydrogen-bond acceptors (Lipinski definition) is 4. The van der Waals surface area contributed by atoms with Gasteiger partial charge >= 0.3 is 0 Å². The van der Waals surface area contributed by atoms with E-state index in [0.29, 0.717) is 23.4 Å². The first-order chi connectivity index (χ1) is 7.86. The molecular weight excluding hydrogens is 214 g/mol. The smallest absolute Gasteiger partial charge is 0.188 e. The molecule has 1 heterocycles. The summed E-state index contributed by atoms with van der Waals surface area (Å²) in [5.41, 5.74) is 0.827. The minimum absolute atomic E-state index is 0.413. The molecule has 2 rings (SSSR count). The predicted octanol–water partition coefficient (Wildman–Crippen LogP) is 1.89. The van der Waals surface area contributed by atoms with Crippen molar-refractivity contribution < 1.29 is 0 Å². The summed E-state index contributed by atoms with van der Waals surface area (Å²) in [4.78, 5) is 0. The third kappa shape index (κ3) is 3.49. The number of hydrogen-bond donors (Lipinski definition) is 2. The molecule has 1 aliphatic carbocycles. The maximum atomic E-state index is 3.96. The number of nitrogens with one attached hydrogen (secondary N) is 2. The van der Waals surface area contributed by atoms with Crippen molar-refractivity contribution in [3.8, 4) is 0 Å². The van der Waals surface area contributed by atoms with Crippen LogP contribution in [0.2, 0.25) is 0 Å². The van der Waals surface area contributed by atoms with Crippen molar-refractivity contribution in [3.05, 3.63) is 5.82 Å². The summed E-state index contributed by atoms with van der Waals surface area (Å²) < 4.78 is 0. The summed E-state index contributed by atoms with van der Waals surface area (Å²) in [5.74, 6) is 0.742. The Hall–Kier alpha value is -0.970. The van der Waals surface area contributed by atoms with E-state index in [2.05, 4.69) is 53.6 Å². The van der Waals surface area contributed by atoms with Gasteiger partial charge in [-0.05, 0) is 30.1 Å². The normalized spacial score (nSPS) is 23.8. The van der Waals surface area contributed by atoms with E-state index in [1.807, 2.05) is 0 Å². The van der Waals surface area contributed by atoms with Crippen molar-refractivity contribution >= 4 is 0 Å². The second-order valence-corrected chi connectivity index (χ2v) is 6.82. The van der Waals surface area contributed by atoms with Crippen LogP contribution in [-0.4, -0.2) is 26.7 Å². The molecule has 1 aromatic rings. The van der Waals surface area contributed by atoms with Crippen LogP contribution in [0.3, 0.4) is 0 Å². The monoisotopic (exact) mass is 237 g/mol. The van der Waals surface area contributed by atoms with Crippen LogP contribution >= 0.6 is 0 Å². The fourth-order valence-electron chi connectivity index (χ4n) is 3.48. The zero-order valence-corrected chi connectivity index (χ0v) is 11.2. The molecule has 96 valence electrons. The van der Waals surface area contributed by atoms with E-state index < -0.39 is 0 Å². The van der Waals surface area contributed by atoms with Gasteiger partial charge in [0.1, 0.15) is 0 Å². The van der Waals surface area contributed by atoms with E-state index in [1.165, 1.54) is 19.3 Å².